The monoisotopic (exact) mass is 381 g/mol. The van der Waals surface area contributed by atoms with E-state index in [0.29, 0.717) is 13.0 Å². The molecule has 0 aliphatic carbocycles. The highest BCUT2D eigenvalue weighted by Crippen LogP contribution is 2.23. The first-order valence-corrected chi connectivity index (χ1v) is 9.27. The number of aryl methyl sites for hydroxylation is 1. The van der Waals surface area contributed by atoms with Crippen LogP contribution in [0.5, 0.6) is 0 Å². The van der Waals surface area contributed by atoms with Crippen LogP contribution in [0, 0.1) is 11.3 Å². The molecule has 2 heterocycles. The summed E-state index contributed by atoms with van der Waals surface area (Å²) in [5.74, 6) is -0.200. The van der Waals surface area contributed by atoms with Crippen molar-refractivity contribution in [2.45, 2.75) is 13.0 Å². The molecule has 142 valence electrons. The summed E-state index contributed by atoms with van der Waals surface area (Å²) < 4.78 is 3.94. The van der Waals surface area contributed by atoms with Crippen LogP contribution in [0.15, 0.2) is 79.5 Å². The fourth-order valence-electron chi connectivity index (χ4n) is 3.24. The van der Waals surface area contributed by atoms with Gasteiger partial charge in [-0.05, 0) is 36.4 Å². The zero-order valence-electron chi connectivity index (χ0n) is 15.7. The topological polar surface area (TPSA) is 75.6 Å². The minimum Gasteiger partial charge on any atom is -0.346 e. The smallest absolute Gasteiger partial charge is 0.248 e. The number of carbonyl (C=O) groups is 1. The standard InChI is InChI=1S/C23H19N5O/c24-12-3-14-27-16-18(21-4-1-2-5-22(21)27)6-11-23(29)26-19-7-9-20(10-8-19)28-15-13-25-17-28/h1-2,4-11,13,15-17H,3,14H2,(H,26,29)/b11-6+. The van der Waals surface area contributed by atoms with Gasteiger partial charge in [0.05, 0.1) is 18.8 Å². The maximum absolute atomic E-state index is 12.4. The lowest BCUT2D eigenvalue weighted by molar-refractivity contribution is -0.111. The van der Waals surface area contributed by atoms with Crippen molar-refractivity contribution in [3.63, 3.8) is 0 Å². The fraction of sp³-hybridized carbons (Fsp3) is 0.0870. The Hall–Kier alpha value is -4.11. The average Bonchev–Trinajstić information content (AvgIpc) is 3.40. The fourth-order valence-corrected chi connectivity index (χ4v) is 3.24. The van der Waals surface area contributed by atoms with Crippen LogP contribution in [0.3, 0.4) is 0 Å². The molecule has 2 aromatic carbocycles. The molecule has 6 nitrogen and oxygen atoms in total. The number of anilines is 1. The molecule has 1 N–H and O–H groups in total. The third-order valence-electron chi connectivity index (χ3n) is 4.64. The number of amides is 1. The Kier molecular flexibility index (Phi) is 5.21. The van der Waals surface area contributed by atoms with E-state index in [1.165, 1.54) is 6.08 Å². The number of nitrogens with one attached hydrogen (secondary N) is 1. The van der Waals surface area contributed by atoms with Crippen molar-refractivity contribution in [1.82, 2.24) is 14.1 Å². The third-order valence-corrected chi connectivity index (χ3v) is 4.64. The average molecular weight is 381 g/mol. The van der Waals surface area contributed by atoms with Gasteiger partial charge in [-0.15, -0.1) is 0 Å². The molecule has 4 aromatic rings. The highest BCUT2D eigenvalue weighted by molar-refractivity contribution is 6.03. The number of nitriles is 1. The van der Waals surface area contributed by atoms with Gasteiger partial charge in [0, 0.05) is 59.1 Å². The lowest BCUT2D eigenvalue weighted by atomic mass is 10.1. The summed E-state index contributed by atoms with van der Waals surface area (Å²) >= 11 is 0. The minimum absolute atomic E-state index is 0.200. The van der Waals surface area contributed by atoms with Gasteiger partial charge in [-0.25, -0.2) is 4.98 Å². The molecule has 29 heavy (non-hydrogen) atoms. The quantitative estimate of drug-likeness (QED) is 0.503. The summed E-state index contributed by atoms with van der Waals surface area (Å²) in [5, 5.41) is 12.8. The van der Waals surface area contributed by atoms with E-state index in [4.69, 9.17) is 5.26 Å². The Labute approximate surface area is 168 Å². The van der Waals surface area contributed by atoms with Crippen LogP contribution in [-0.2, 0) is 11.3 Å². The maximum atomic E-state index is 12.4. The van der Waals surface area contributed by atoms with E-state index in [9.17, 15) is 4.79 Å². The van der Waals surface area contributed by atoms with Crippen molar-refractivity contribution in [3.8, 4) is 11.8 Å². The van der Waals surface area contributed by atoms with Gasteiger partial charge in [-0.1, -0.05) is 18.2 Å². The highest BCUT2D eigenvalue weighted by atomic mass is 16.1. The van der Waals surface area contributed by atoms with Crippen molar-refractivity contribution in [2.75, 3.05) is 5.32 Å². The first kappa shape index (κ1) is 18.3. The van der Waals surface area contributed by atoms with E-state index in [-0.39, 0.29) is 5.91 Å². The molecule has 6 heteroatoms. The molecule has 0 saturated carbocycles. The number of imidazole rings is 1. The molecule has 0 aliphatic rings. The Balaban J connectivity index is 1.48. The van der Waals surface area contributed by atoms with Crippen LogP contribution in [0.25, 0.3) is 22.7 Å². The second kappa shape index (κ2) is 8.28. The summed E-state index contributed by atoms with van der Waals surface area (Å²) in [6.07, 6.45) is 11.1. The lowest BCUT2D eigenvalue weighted by Crippen LogP contribution is -2.07. The lowest BCUT2D eigenvalue weighted by Gasteiger charge is -2.05. The Bertz CT molecular complexity index is 1190. The van der Waals surface area contributed by atoms with Crippen molar-refractivity contribution >= 4 is 28.6 Å². The molecule has 1 amide bonds. The number of hydrogen-bond donors (Lipinski definition) is 1. The molecule has 2 aromatic heterocycles. The Morgan fingerprint density at radius 2 is 2.00 bits per heavy atom. The number of rotatable bonds is 6. The van der Waals surface area contributed by atoms with E-state index in [1.807, 2.05) is 70.1 Å². The molecule has 0 saturated heterocycles. The normalized spacial score (nSPS) is 11.0. The van der Waals surface area contributed by atoms with Crippen molar-refractivity contribution in [1.29, 1.82) is 5.26 Å². The van der Waals surface area contributed by atoms with E-state index >= 15 is 0 Å². The number of carbonyl (C=O) groups excluding carboxylic acids is 1. The molecular formula is C23H19N5O. The van der Waals surface area contributed by atoms with Crippen LogP contribution < -0.4 is 5.32 Å². The highest BCUT2D eigenvalue weighted by Gasteiger charge is 2.06. The summed E-state index contributed by atoms with van der Waals surface area (Å²) in [6, 6.07) is 17.7. The summed E-state index contributed by atoms with van der Waals surface area (Å²) in [5.41, 5.74) is 3.70. The number of nitrogens with zero attached hydrogens (tertiary/aromatic N) is 4. The molecule has 0 aliphatic heterocycles. The number of aromatic nitrogens is 3. The van der Waals surface area contributed by atoms with Gasteiger partial charge in [0.1, 0.15) is 0 Å². The van der Waals surface area contributed by atoms with Gasteiger partial charge < -0.3 is 14.5 Å². The van der Waals surface area contributed by atoms with Gasteiger partial charge in [0.25, 0.3) is 0 Å². The molecular weight excluding hydrogens is 362 g/mol. The van der Waals surface area contributed by atoms with Crippen LogP contribution >= 0.6 is 0 Å². The van der Waals surface area contributed by atoms with Crippen molar-refractivity contribution in [2.24, 2.45) is 0 Å². The Morgan fingerprint density at radius 3 is 2.76 bits per heavy atom. The predicted molar refractivity (Wildman–Crippen MR) is 113 cm³/mol. The molecule has 0 bridgehead atoms. The summed E-state index contributed by atoms with van der Waals surface area (Å²) in [4.78, 5) is 16.4. The summed E-state index contributed by atoms with van der Waals surface area (Å²) in [6.45, 7) is 0.625. The molecule has 0 radical (unpaired) electrons. The number of para-hydroxylation sites is 1. The molecule has 0 spiro atoms. The van der Waals surface area contributed by atoms with Crippen LogP contribution in [0.4, 0.5) is 5.69 Å². The van der Waals surface area contributed by atoms with Crippen LogP contribution in [0.1, 0.15) is 12.0 Å². The first-order chi connectivity index (χ1) is 14.2. The van der Waals surface area contributed by atoms with Gasteiger partial charge in [0.2, 0.25) is 5.91 Å². The zero-order chi connectivity index (χ0) is 20.1. The largest absolute Gasteiger partial charge is 0.346 e. The van der Waals surface area contributed by atoms with Crippen molar-refractivity contribution in [3.05, 3.63) is 85.1 Å². The predicted octanol–water partition coefficient (Wildman–Crippen LogP) is 4.39. The molecule has 0 unspecified atom stereocenters. The molecule has 0 fully saturated rings. The van der Waals surface area contributed by atoms with Gasteiger partial charge in [-0.2, -0.15) is 5.26 Å². The van der Waals surface area contributed by atoms with Gasteiger partial charge >= 0.3 is 0 Å². The van der Waals surface area contributed by atoms with Gasteiger partial charge in [-0.3, -0.25) is 4.79 Å². The number of fused-ring (bicyclic) bond motifs is 1. The van der Waals surface area contributed by atoms with E-state index in [2.05, 4.69) is 16.4 Å². The summed E-state index contributed by atoms with van der Waals surface area (Å²) in [7, 11) is 0. The number of benzene rings is 2. The second-order valence-electron chi connectivity index (χ2n) is 6.54. The van der Waals surface area contributed by atoms with Crippen LogP contribution in [-0.4, -0.2) is 20.0 Å². The van der Waals surface area contributed by atoms with E-state index < -0.39 is 0 Å². The van der Waals surface area contributed by atoms with E-state index in [1.54, 1.807) is 18.6 Å². The van der Waals surface area contributed by atoms with Crippen LogP contribution in [0.2, 0.25) is 0 Å². The number of hydrogen-bond acceptors (Lipinski definition) is 3. The Morgan fingerprint density at radius 1 is 1.17 bits per heavy atom. The maximum Gasteiger partial charge on any atom is 0.248 e. The minimum atomic E-state index is -0.200. The second-order valence-corrected chi connectivity index (χ2v) is 6.54. The van der Waals surface area contributed by atoms with E-state index in [0.717, 1.165) is 27.8 Å². The molecule has 0 atom stereocenters. The third kappa shape index (κ3) is 4.09. The zero-order valence-corrected chi connectivity index (χ0v) is 15.7. The SMILES string of the molecule is N#CCCn1cc(/C=C/C(=O)Nc2ccc(-n3ccnc3)cc2)c2ccccc21. The van der Waals surface area contributed by atoms with Crippen molar-refractivity contribution < 1.29 is 4.79 Å². The molecule has 4 rings (SSSR count). The van der Waals surface area contributed by atoms with Gasteiger partial charge in [0.15, 0.2) is 0 Å². The first-order valence-electron chi connectivity index (χ1n) is 9.27.